The summed E-state index contributed by atoms with van der Waals surface area (Å²) in [6.45, 7) is 0. The fourth-order valence-electron chi connectivity index (χ4n) is 4.93. The van der Waals surface area contributed by atoms with E-state index in [2.05, 4.69) is 19.9 Å². The van der Waals surface area contributed by atoms with Gasteiger partial charge in [-0.2, -0.15) is 0 Å². The van der Waals surface area contributed by atoms with Crippen molar-refractivity contribution in [2.45, 2.75) is 69.4 Å². The Morgan fingerprint density at radius 2 is 1.77 bits per heavy atom. The van der Waals surface area contributed by atoms with Crippen LogP contribution in [0.5, 0.6) is 0 Å². The van der Waals surface area contributed by atoms with Gasteiger partial charge in [-0.15, -0.1) is 0 Å². The number of hydrogen-bond donors (Lipinski definition) is 2. The molecule has 2 fully saturated rings. The lowest BCUT2D eigenvalue weighted by molar-refractivity contribution is 0.392. The molecule has 0 unspecified atom stereocenters. The molecule has 8 heteroatoms. The maximum Gasteiger partial charge on any atom is 0.210 e. The van der Waals surface area contributed by atoms with Gasteiger partial charge in [0.25, 0.3) is 0 Å². The summed E-state index contributed by atoms with van der Waals surface area (Å²) in [5.41, 5.74) is 8.79. The average Bonchev–Trinajstić information content (AvgIpc) is 3.38. The van der Waals surface area contributed by atoms with Crippen LogP contribution >= 0.6 is 0 Å². The Hall–Kier alpha value is -2.61. The summed E-state index contributed by atoms with van der Waals surface area (Å²) in [4.78, 5) is 14.0. The van der Waals surface area contributed by atoms with Crippen molar-refractivity contribution >= 4 is 22.8 Å². The first-order valence-electron chi connectivity index (χ1n) is 10.8. The SMILES string of the molecule is NC1CCC(c2ncnc3c2nc(Nc2ccc(F)cc2F)n3C2CCCC2)CC1. The third-order valence-corrected chi connectivity index (χ3v) is 6.53. The van der Waals surface area contributed by atoms with Crippen LogP contribution in [0.4, 0.5) is 20.4 Å². The van der Waals surface area contributed by atoms with E-state index < -0.39 is 11.6 Å². The lowest BCUT2D eigenvalue weighted by Crippen LogP contribution is -2.26. The van der Waals surface area contributed by atoms with Crippen LogP contribution in [0.15, 0.2) is 24.5 Å². The molecular weight excluding hydrogens is 386 g/mol. The molecule has 0 saturated heterocycles. The maximum absolute atomic E-state index is 14.3. The third-order valence-electron chi connectivity index (χ3n) is 6.53. The minimum atomic E-state index is -0.646. The number of rotatable bonds is 4. The molecule has 0 aliphatic heterocycles. The van der Waals surface area contributed by atoms with Gasteiger partial charge in [-0.1, -0.05) is 12.8 Å². The van der Waals surface area contributed by atoms with E-state index in [4.69, 9.17) is 10.7 Å². The van der Waals surface area contributed by atoms with Crippen molar-refractivity contribution in [3.05, 3.63) is 41.9 Å². The van der Waals surface area contributed by atoms with Crippen molar-refractivity contribution in [2.24, 2.45) is 5.73 Å². The summed E-state index contributed by atoms with van der Waals surface area (Å²) in [6, 6.07) is 4.03. The van der Waals surface area contributed by atoms with E-state index >= 15 is 0 Å². The Balaban J connectivity index is 1.60. The van der Waals surface area contributed by atoms with Crippen molar-refractivity contribution in [3.63, 3.8) is 0 Å². The van der Waals surface area contributed by atoms with Crippen LogP contribution in [-0.2, 0) is 0 Å². The van der Waals surface area contributed by atoms with E-state index in [1.54, 1.807) is 6.33 Å². The van der Waals surface area contributed by atoms with Crippen LogP contribution in [0.3, 0.4) is 0 Å². The fourth-order valence-corrected chi connectivity index (χ4v) is 4.93. The zero-order chi connectivity index (χ0) is 20.7. The Bertz CT molecular complexity index is 1050. The quantitative estimate of drug-likeness (QED) is 0.634. The van der Waals surface area contributed by atoms with Gasteiger partial charge in [0.2, 0.25) is 5.95 Å². The van der Waals surface area contributed by atoms with E-state index in [1.165, 1.54) is 12.1 Å². The molecule has 3 N–H and O–H groups in total. The van der Waals surface area contributed by atoms with Crippen LogP contribution in [0.1, 0.15) is 69.0 Å². The van der Waals surface area contributed by atoms with Crippen molar-refractivity contribution in [2.75, 3.05) is 5.32 Å². The highest BCUT2D eigenvalue weighted by Gasteiger charge is 2.29. The van der Waals surface area contributed by atoms with Gasteiger partial charge in [-0.05, 0) is 50.7 Å². The number of hydrogen-bond acceptors (Lipinski definition) is 5. The second kappa shape index (κ2) is 7.91. The van der Waals surface area contributed by atoms with E-state index in [1.807, 2.05) is 0 Å². The van der Waals surface area contributed by atoms with Gasteiger partial charge >= 0.3 is 0 Å². The average molecular weight is 412 g/mol. The number of fused-ring (bicyclic) bond motifs is 1. The van der Waals surface area contributed by atoms with Crippen LogP contribution in [0.25, 0.3) is 11.2 Å². The molecule has 0 atom stereocenters. The van der Waals surface area contributed by atoms with E-state index in [9.17, 15) is 8.78 Å². The van der Waals surface area contributed by atoms with Gasteiger partial charge in [-0.25, -0.2) is 23.7 Å². The van der Waals surface area contributed by atoms with Gasteiger partial charge in [-0.3, -0.25) is 4.57 Å². The molecule has 2 saturated carbocycles. The van der Waals surface area contributed by atoms with Gasteiger partial charge in [0.05, 0.1) is 11.4 Å². The standard InChI is InChI=1S/C22H26F2N6/c23-14-7-10-18(17(24)11-14)28-22-29-20-19(13-5-8-15(25)9-6-13)26-12-27-21(20)30(22)16-3-1-2-4-16/h7,10-13,15-16H,1-6,8-9,25H2,(H,28,29). The molecule has 5 rings (SSSR count). The topological polar surface area (TPSA) is 81.7 Å². The van der Waals surface area contributed by atoms with Crippen molar-refractivity contribution < 1.29 is 8.78 Å². The predicted octanol–water partition coefficient (Wildman–Crippen LogP) is 4.95. The molecule has 0 radical (unpaired) electrons. The zero-order valence-corrected chi connectivity index (χ0v) is 16.8. The summed E-state index contributed by atoms with van der Waals surface area (Å²) < 4.78 is 29.8. The maximum atomic E-state index is 14.3. The van der Waals surface area contributed by atoms with Gasteiger partial charge in [0, 0.05) is 24.1 Å². The molecule has 2 aromatic heterocycles. The highest BCUT2D eigenvalue weighted by Crippen LogP contribution is 2.39. The number of nitrogens with zero attached hydrogens (tertiary/aromatic N) is 4. The Labute approximate surface area is 173 Å². The normalized spacial score (nSPS) is 22.6. The highest BCUT2D eigenvalue weighted by molar-refractivity contribution is 5.79. The summed E-state index contributed by atoms with van der Waals surface area (Å²) in [6.07, 6.45) is 9.89. The molecule has 3 aromatic rings. The molecule has 158 valence electrons. The van der Waals surface area contributed by atoms with Gasteiger partial charge in [0.15, 0.2) is 5.65 Å². The lowest BCUT2D eigenvalue weighted by Gasteiger charge is -2.25. The first kappa shape index (κ1) is 19.4. The summed E-state index contributed by atoms with van der Waals surface area (Å²) >= 11 is 0. The first-order valence-corrected chi connectivity index (χ1v) is 10.8. The fraction of sp³-hybridized carbons (Fsp3) is 0.500. The monoisotopic (exact) mass is 412 g/mol. The van der Waals surface area contributed by atoms with Crippen molar-refractivity contribution in [1.29, 1.82) is 0 Å². The molecule has 6 nitrogen and oxygen atoms in total. The second-order valence-electron chi connectivity index (χ2n) is 8.54. The van der Waals surface area contributed by atoms with E-state index in [0.29, 0.717) is 11.9 Å². The van der Waals surface area contributed by atoms with Crippen LogP contribution in [-0.4, -0.2) is 25.6 Å². The first-order chi connectivity index (χ1) is 14.6. The van der Waals surface area contributed by atoms with Gasteiger partial charge in [0.1, 0.15) is 23.5 Å². The van der Waals surface area contributed by atoms with Crippen molar-refractivity contribution in [3.8, 4) is 0 Å². The lowest BCUT2D eigenvalue weighted by atomic mass is 9.84. The Kier molecular flexibility index (Phi) is 5.10. The van der Waals surface area contributed by atoms with Crippen LogP contribution in [0, 0.1) is 11.6 Å². The smallest absolute Gasteiger partial charge is 0.210 e. The minimum absolute atomic E-state index is 0.198. The van der Waals surface area contributed by atoms with Crippen LogP contribution < -0.4 is 11.1 Å². The molecule has 0 spiro atoms. The molecule has 0 amide bonds. The number of benzene rings is 1. The predicted molar refractivity (Wildman–Crippen MR) is 112 cm³/mol. The summed E-state index contributed by atoms with van der Waals surface area (Å²) in [5, 5.41) is 3.09. The molecule has 0 bridgehead atoms. The number of anilines is 2. The summed E-state index contributed by atoms with van der Waals surface area (Å²) in [5.74, 6) is -0.409. The molecule has 30 heavy (non-hydrogen) atoms. The number of halogens is 2. The largest absolute Gasteiger partial charge is 0.328 e. The second-order valence-corrected chi connectivity index (χ2v) is 8.54. The molecule has 2 aliphatic rings. The van der Waals surface area contributed by atoms with Crippen molar-refractivity contribution in [1.82, 2.24) is 19.5 Å². The molecular formula is C22H26F2N6. The summed E-state index contributed by atoms with van der Waals surface area (Å²) in [7, 11) is 0. The number of nitrogens with one attached hydrogen (secondary N) is 1. The van der Waals surface area contributed by atoms with Gasteiger partial charge < -0.3 is 11.1 Å². The molecule has 2 aliphatic carbocycles. The minimum Gasteiger partial charge on any atom is -0.328 e. The molecule has 1 aromatic carbocycles. The number of nitrogens with two attached hydrogens (primary N) is 1. The molecule has 2 heterocycles. The van der Waals surface area contributed by atoms with E-state index in [-0.39, 0.29) is 17.8 Å². The Morgan fingerprint density at radius 3 is 2.50 bits per heavy atom. The third kappa shape index (κ3) is 3.53. The van der Waals surface area contributed by atoms with Crippen LogP contribution in [0.2, 0.25) is 0 Å². The number of aromatic nitrogens is 4. The Morgan fingerprint density at radius 1 is 1.00 bits per heavy atom. The highest BCUT2D eigenvalue weighted by atomic mass is 19.1. The van der Waals surface area contributed by atoms with E-state index in [0.717, 1.165) is 74.3 Å². The number of imidazole rings is 1. The zero-order valence-electron chi connectivity index (χ0n) is 16.8.